The number of amides is 1. The molecule has 180 valence electrons. The van der Waals surface area contributed by atoms with Crippen LogP contribution in [0.1, 0.15) is 17.2 Å². The van der Waals surface area contributed by atoms with Gasteiger partial charge in [-0.15, -0.1) is 0 Å². The highest BCUT2D eigenvalue weighted by Crippen LogP contribution is 2.43. The Balaban J connectivity index is 1.79. The highest BCUT2D eigenvalue weighted by molar-refractivity contribution is 6.46. The summed E-state index contributed by atoms with van der Waals surface area (Å²) in [5.41, 5.74) is 0.991. The molecule has 1 atom stereocenters. The third kappa shape index (κ3) is 4.75. The summed E-state index contributed by atoms with van der Waals surface area (Å²) in [6.45, 7) is 3.65. The molecule has 4 rings (SSSR count). The van der Waals surface area contributed by atoms with Gasteiger partial charge in [-0.3, -0.25) is 14.5 Å². The van der Waals surface area contributed by atoms with E-state index in [0.717, 1.165) is 13.1 Å². The summed E-state index contributed by atoms with van der Waals surface area (Å²) in [5, 5.41) is 11.7. The number of ether oxygens (including phenoxy) is 3. The summed E-state index contributed by atoms with van der Waals surface area (Å²) < 4.78 is 16.3. The van der Waals surface area contributed by atoms with Gasteiger partial charge in [0.15, 0.2) is 0 Å². The van der Waals surface area contributed by atoms with Crippen molar-refractivity contribution in [1.82, 2.24) is 9.80 Å². The zero-order chi connectivity index (χ0) is 24.2. The molecule has 0 aromatic heterocycles. The molecule has 8 nitrogen and oxygen atoms in total. The van der Waals surface area contributed by atoms with Gasteiger partial charge in [0.25, 0.3) is 11.7 Å². The molecule has 34 heavy (non-hydrogen) atoms. The van der Waals surface area contributed by atoms with E-state index >= 15 is 0 Å². The van der Waals surface area contributed by atoms with Crippen LogP contribution in [0.15, 0.2) is 48.0 Å². The monoisotopic (exact) mass is 486 g/mol. The molecule has 0 radical (unpaired) electrons. The Hall–Kier alpha value is -3.07. The minimum absolute atomic E-state index is 0.0118. The lowest BCUT2D eigenvalue weighted by Crippen LogP contribution is -2.42. The zero-order valence-corrected chi connectivity index (χ0v) is 19.9. The van der Waals surface area contributed by atoms with Crippen molar-refractivity contribution in [1.29, 1.82) is 0 Å². The molecule has 1 N–H and O–H groups in total. The predicted molar refractivity (Wildman–Crippen MR) is 127 cm³/mol. The molecule has 2 heterocycles. The Labute approximate surface area is 203 Å². The number of halogens is 1. The Bertz CT molecular complexity index is 1100. The third-order valence-electron chi connectivity index (χ3n) is 6.15. The molecular formula is C25H27ClN2O6. The molecule has 0 aliphatic carbocycles. The topological polar surface area (TPSA) is 88.5 Å². The Kier molecular flexibility index (Phi) is 7.41. The van der Waals surface area contributed by atoms with E-state index in [9.17, 15) is 14.7 Å². The summed E-state index contributed by atoms with van der Waals surface area (Å²) in [4.78, 5) is 30.1. The van der Waals surface area contributed by atoms with Crippen molar-refractivity contribution in [3.05, 3.63) is 64.2 Å². The molecule has 2 aromatic rings. The molecule has 0 spiro atoms. The van der Waals surface area contributed by atoms with Crippen LogP contribution in [0.3, 0.4) is 0 Å². The summed E-state index contributed by atoms with van der Waals surface area (Å²) >= 11 is 5.99. The van der Waals surface area contributed by atoms with E-state index in [0.29, 0.717) is 54.0 Å². The van der Waals surface area contributed by atoms with Crippen LogP contribution in [0, 0.1) is 0 Å². The fourth-order valence-electron chi connectivity index (χ4n) is 4.32. The van der Waals surface area contributed by atoms with E-state index < -0.39 is 17.7 Å². The number of likely N-dealkylation sites (tertiary alicyclic amines) is 1. The van der Waals surface area contributed by atoms with Crippen LogP contribution >= 0.6 is 11.6 Å². The maximum atomic E-state index is 13.2. The van der Waals surface area contributed by atoms with Crippen molar-refractivity contribution in [2.75, 3.05) is 53.6 Å². The molecule has 0 unspecified atom stereocenters. The molecule has 2 aliphatic heterocycles. The number of hydrogen-bond acceptors (Lipinski definition) is 7. The average Bonchev–Trinajstić information content (AvgIpc) is 3.12. The van der Waals surface area contributed by atoms with Crippen LogP contribution in [-0.4, -0.2) is 80.2 Å². The van der Waals surface area contributed by atoms with E-state index in [2.05, 4.69) is 4.90 Å². The van der Waals surface area contributed by atoms with Crippen molar-refractivity contribution >= 4 is 29.1 Å². The van der Waals surface area contributed by atoms with Gasteiger partial charge in [-0.25, -0.2) is 0 Å². The van der Waals surface area contributed by atoms with Gasteiger partial charge in [-0.2, -0.15) is 0 Å². The SMILES string of the molecule is COc1ccc([C@H]2/C(=C(/O)c3ccc(Cl)cc3)C(=O)C(=O)N2CCN2CCOCC2)c(OC)c1. The Morgan fingerprint density at radius 1 is 1.06 bits per heavy atom. The van der Waals surface area contributed by atoms with Crippen molar-refractivity contribution in [3.8, 4) is 11.5 Å². The van der Waals surface area contributed by atoms with Crippen LogP contribution in [-0.2, 0) is 14.3 Å². The van der Waals surface area contributed by atoms with Gasteiger partial charge in [0.1, 0.15) is 17.3 Å². The van der Waals surface area contributed by atoms with Gasteiger partial charge in [0.05, 0.1) is 39.0 Å². The number of benzene rings is 2. The van der Waals surface area contributed by atoms with Crippen LogP contribution in [0.5, 0.6) is 11.5 Å². The first-order valence-corrected chi connectivity index (χ1v) is 11.4. The fourth-order valence-corrected chi connectivity index (χ4v) is 4.44. The highest BCUT2D eigenvalue weighted by atomic mass is 35.5. The summed E-state index contributed by atoms with van der Waals surface area (Å²) in [6.07, 6.45) is 0. The van der Waals surface area contributed by atoms with Gasteiger partial charge in [0.2, 0.25) is 0 Å². The summed E-state index contributed by atoms with van der Waals surface area (Å²) in [5.74, 6) is -0.635. The first-order chi connectivity index (χ1) is 16.4. The van der Waals surface area contributed by atoms with E-state index in [4.69, 9.17) is 25.8 Å². The van der Waals surface area contributed by atoms with Crippen molar-refractivity contribution in [2.24, 2.45) is 0 Å². The number of aliphatic hydroxyl groups is 1. The number of rotatable bonds is 7. The number of ketones is 1. The quantitative estimate of drug-likeness (QED) is 0.365. The standard InChI is InChI=1S/C25H27ClN2O6/c1-32-18-7-8-19(20(15-18)33-2)22-21(23(29)16-3-5-17(26)6-4-16)24(30)25(31)28(22)10-9-27-11-13-34-14-12-27/h3-8,15,22,29H,9-14H2,1-2H3/b23-21-/t22-/m0/s1. The lowest BCUT2D eigenvalue weighted by atomic mass is 9.94. The highest BCUT2D eigenvalue weighted by Gasteiger charge is 2.47. The number of morpholine rings is 1. The lowest BCUT2D eigenvalue weighted by molar-refractivity contribution is -0.140. The number of nitrogens with zero attached hydrogens (tertiary/aromatic N) is 2. The maximum absolute atomic E-state index is 13.2. The maximum Gasteiger partial charge on any atom is 0.295 e. The number of aliphatic hydroxyl groups excluding tert-OH is 1. The lowest BCUT2D eigenvalue weighted by Gasteiger charge is -2.31. The fraction of sp³-hybridized carbons (Fsp3) is 0.360. The zero-order valence-electron chi connectivity index (χ0n) is 19.1. The van der Waals surface area contributed by atoms with Gasteiger partial charge in [-0.1, -0.05) is 11.6 Å². The van der Waals surface area contributed by atoms with Crippen LogP contribution in [0.4, 0.5) is 0 Å². The van der Waals surface area contributed by atoms with Crippen LogP contribution in [0.25, 0.3) is 5.76 Å². The second-order valence-corrected chi connectivity index (χ2v) is 8.50. The molecule has 0 saturated carbocycles. The molecule has 0 bridgehead atoms. The largest absolute Gasteiger partial charge is 0.507 e. The molecule has 2 fully saturated rings. The van der Waals surface area contributed by atoms with Gasteiger partial charge in [0, 0.05) is 48.4 Å². The molecule has 2 saturated heterocycles. The first-order valence-electron chi connectivity index (χ1n) is 11.0. The number of methoxy groups -OCH3 is 2. The number of carbonyl (C=O) groups excluding carboxylic acids is 2. The van der Waals surface area contributed by atoms with Crippen LogP contribution in [0.2, 0.25) is 5.02 Å². The number of hydrogen-bond donors (Lipinski definition) is 1. The molecule has 2 aromatic carbocycles. The summed E-state index contributed by atoms with van der Waals surface area (Å²) in [7, 11) is 3.06. The first kappa shape index (κ1) is 24.1. The summed E-state index contributed by atoms with van der Waals surface area (Å²) in [6, 6.07) is 10.8. The van der Waals surface area contributed by atoms with E-state index in [1.807, 2.05) is 0 Å². The van der Waals surface area contributed by atoms with Crippen molar-refractivity contribution < 1.29 is 28.9 Å². The second-order valence-electron chi connectivity index (χ2n) is 8.06. The Morgan fingerprint density at radius 2 is 1.76 bits per heavy atom. The smallest absolute Gasteiger partial charge is 0.295 e. The number of carbonyl (C=O) groups is 2. The average molecular weight is 487 g/mol. The molecular weight excluding hydrogens is 460 g/mol. The van der Waals surface area contributed by atoms with Crippen molar-refractivity contribution in [2.45, 2.75) is 6.04 Å². The number of Topliss-reactive ketones (excluding diaryl/α,β-unsaturated/α-hetero) is 1. The minimum atomic E-state index is -0.822. The minimum Gasteiger partial charge on any atom is -0.507 e. The normalized spacial score (nSPS) is 20.6. The van der Waals surface area contributed by atoms with E-state index in [1.54, 1.807) is 49.6 Å². The molecule has 9 heteroatoms. The van der Waals surface area contributed by atoms with Gasteiger partial charge in [-0.05, 0) is 36.4 Å². The van der Waals surface area contributed by atoms with Gasteiger partial charge >= 0.3 is 0 Å². The van der Waals surface area contributed by atoms with Gasteiger partial charge < -0.3 is 24.2 Å². The third-order valence-corrected chi connectivity index (χ3v) is 6.41. The molecule has 2 aliphatic rings. The second kappa shape index (κ2) is 10.5. The van der Waals surface area contributed by atoms with E-state index in [1.165, 1.54) is 12.0 Å². The molecule has 1 amide bonds. The van der Waals surface area contributed by atoms with Crippen molar-refractivity contribution in [3.63, 3.8) is 0 Å². The Morgan fingerprint density at radius 3 is 2.41 bits per heavy atom. The van der Waals surface area contributed by atoms with Crippen LogP contribution < -0.4 is 9.47 Å². The van der Waals surface area contributed by atoms with E-state index in [-0.39, 0.29) is 11.3 Å². The predicted octanol–water partition coefficient (Wildman–Crippen LogP) is 3.11.